The van der Waals surface area contributed by atoms with Gasteiger partial charge in [-0.25, -0.2) is 9.59 Å². The van der Waals surface area contributed by atoms with Crippen LogP contribution in [0.2, 0.25) is 0 Å². The molecule has 0 aliphatic carbocycles. The Morgan fingerprint density at radius 1 is 0.698 bits per heavy atom. The van der Waals surface area contributed by atoms with Crippen LogP contribution in [0.5, 0.6) is 11.8 Å². The van der Waals surface area contributed by atoms with E-state index in [1.807, 2.05) is 19.9 Å². The third-order valence-corrected chi connectivity index (χ3v) is 10.00. The van der Waals surface area contributed by atoms with Crippen LogP contribution in [0.3, 0.4) is 0 Å². The number of unbranched alkanes of at least 4 members (excludes halogenated alkanes) is 3. The number of allylic oxidation sites excluding steroid dienone is 1. The molecule has 0 aliphatic heterocycles. The summed E-state index contributed by atoms with van der Waals surface area (Å²) in [5.41, 5.74) is -0.00580. The fraction of sp³-hybridized carbons (Fsp3) is 0.765. The number of imidazole rings is 2. The molecule has 9 heteroatoms. The molecule has 0 fully saturated rings. The molecule has 2 heterocycles. The zero-order chi connectivity index (χ0) is 31.9. The lowest BCUT2D eigenvalue weighted by Crippen LogP contribution is -2.27. The Kier molecular flexibility index (Phi) is 15.5. The van der Waals surface area contributed by atoms with E-state index in [1.54, 1.807) is 4.57 Å². The molecule has 1 atom stereocenters. The van der Waals surface area contributed by atoms with Crippen LogP contribution in [-0.2, 0) is 30.9 Å². The van der Waals surface area contributed by atoms with Gasteiger partial charge in [-0.3, -0.25) is 18.3 Å². The van der Waals surface area contributed by atoms with Crippen molar-refractivity contribution in [3.8, 4) is 11.8 Å². The van der Waals surface area contributed by atoms with Gasteiger partial charge in [0, 0.05) is 39.4 Å². The zero-order valence-corrected chi connectivity index (χ0v) is 27.8. The Bertz CT molecular complexity index is 1200. The SMILES string of the molecule is C=CC(CC)(CCCCOCCCCC(CC)(CC)CCCCn1c(O)cn(CC)c1=O)CCn1c(O)cn(CC)c1=O. The fourth-order valence-electron chi connectivity index (χ4n) is 6.41. The highest BCUT2D eigenvalue weighted by Gasteiger charge is 2.26. The van der Waals surface area contributed by atoms with Crippen LogP contribution in [0.15, 0.2) is 34.6 Å². The molecule has 0 radical (unpaired) electrons. The van der Waals surface area contributed by atoms with Gasteiger partial charge < -0.3 is 14.9 Å². The summed E-state index contributed by atoms with van der Waals surface area (Å²) in [5.74, 6) is 0.0918. The molecule has 0 saturated carbocycles. The van der Waals surface area contributed by atoms with Crippen molar-refractivity contribution in [2.24, 2.45) is 10.8 Å². The molecule has 2 aromatic heterocycles. The van der Waals surface area contributed by atoms with Crippen molar-refractivity contribution in [3.63, 3.8) is 0 Å². The van der Waals surface area contributed by atoms with Gasteiger partial charge in [0.1, 0.15) is 0 Å². The molecule has 0 spiro atoms. The number of aromatic hydroxyl groups is 2. The number of hydrogen-bond acceptors (Lipinski definition) is 5. The topological polar surface area (TPSA) is 104 Å². The summed E-state index contributed by atoms with van der Waals surface area (Å²) in [6, 6.07) is 0. The van der Waals surface area contributed by atoms with Gasteiger partial charge in [-0.1, -0.05) is 59.0 Å². The summed E-state index contributed by atoms with van der Waals surface area (Å²) in [7, 11) is 0. The molecule has 246 valence electrons. The number of nitrogens with zero attached hydrogens (tertiary/aromatic N) is 4. The molecule has 0 aliphatic rings. The van der Waals surface area contributed by atoms with Crippen molar-refractivity contribution in [2.45, 2.75) is 144 Å². The molecule has 2 rings (SSSR count). The van der Waals surface area contributed by atoms with Gasteiger partial charge in [0.05, 0.1) is 12.4 Å². The van der Waals surface area contributed by atoms with Crippen molar-refractivity contribution < 1.29 is 14.9 Å². The van der Waals surface area contributed by atoms with Gasteiger partial charge >= 0.3 is 11.4 Å². The number of aryl methyl sites for hydroxylation is 2. The molecular weight excluding hydrogens is 544 g/mol. The summed E-state index contributed by atoms with van der Waals surface area (Å²) in [4.78, 5) is 24.8. The summed E-state index contributed by atoms with van der Waals surface area (Å²) < 4.78 is 12.0. The number of ether oxygens (including phenoxy) is 1. The Balaban J connectivity index is 1.66. The molecule has 43 heavy (non-hydrogen) atoms. The third kappa shape index (κ3) is 10.2. The van der Waals surface area contributed by atoms with E-state index in [0.717, 1.165) is 90.3 Å². The van der Waals surface area contributed by atoms with E-state index in [-0.39, 0.29) is 28.6 Å². The van der Waals surface area contributed by atoms with Crippen LogP contribution in [-0.4, -0.2) is 41.7 Å². The minimum Gasteiger partial charge on any atom is -0.493 e. The predicted octanol–water partition coefficient (Wildman–Crippen LogP) is 7.07. The maximum atomic E-state index is 12.5. The van der Waals surface area contributed by atoms with Gasteiger partial charge in [-0.05, 0) is 76.0 Å². The summed E-state index contributed by atoms with van der Waals surface area (Å²) in [5, 5.41) is 20.3. The van der Waals surface area contributed by atoms with Gasteiger partial charge in [0.2, 0.25) is 11.8 Å². The van der Waals surface area contributed by atoms with Gasteiger partial charge in [-0.2, -0.15) is 0 Å². The van der Waals surface area contributed by atoms with Gasteiger partial charge in [0.25, 0.3) is 0 Å². The Hall–Kier alpha value is -2.68. The number of aromatic nitrogens is 4. The average molecular weight is 605 g/mol. The lowest BCUT2D eigenvalue weighted by Gasteiger charge is -2.32. The first kappa shape index (κ1) is 36.5. The van der Waals surface area contributed by atoms with Crippen molar-refractivity contribution in [1.29, 1.82) is 0 Å². The highest BCUT2D eigenvalue weighted by Crippen LogP contribution is 2.38. The van der Waals surface area contributed by atoms with E-state index in [2.05, 4.69) is 27.4 Å². The first-order valence-corrected chi connectivity index (χ1v) is 16.8. The normalized spacial score (nSPS) is 13.4. The van der Waals surface area contributed by atoms with Crippen molar-refractivity contribution in [2.75, 3.05) is 13.2 Å². The molecule has 2 N–H and O–H groups in total. The lowest BCUT2D eigenvalue weighted by atomic mass is 9.74. The Morgan fingerprint density at radius 2 is 1.19 bits per heavy atom. The van der Waals surface area contributed by atoms with Gasteiger partial charge in [-0.15, -0.1) is 6.58 Å². The number of hydrogen-bond donors (Lipinski definition) is 2. The molecule has 0 saturated heterocycles. The quantitative estimate of drug-likeness (QED) is 0.0985. The van der Waals surface area contributed by atoms with E-state index in [9.17, 15) is 19.8 Å². The molecule has 0 aromatic carbocycles. The minimum absolute atomic E-state index is 0.0297. The van der Waals surface area contributed by atoms with E-state index in [4.69, 9.17) is 4.74 Å². The monoisotopic (exact) mass is 604 g/mol. The molecule has 2 aromatic rings. The standard InChI is InChI=1S/C34H60N4O5/c1-7-33(8-2,19-13-16-23-37-29(39)27-35(11-5)31(37)41)20-14-17-25-43-26-18-15-21-34(9-3,10-4)22-24-38-30(40)28-36(12-6)32(38)42/h9,27-28,39-40H,3,7-8,10-26H2,1-2,4-6H3. The molecule has 1 unspecified atom stereocenters. The molecule has 0 bridgehead atoms. The molecular formula is C34H60N4O5. The number of rotatable bonds is 24. The fourth-order valence-corrected chi connectivity index (χ4v) is 6.41. The van der Waals surface area contributed by atoms with Crippen molar-refractivity contribution >= 4 is 0 Å². The molecule has 9 nitrogen and oxygen atoms in total. The first-order chi connectivity index (χ1) is 20.6. The van der Waals surface area contributed by atoms with Crippen LogP contribution in [0, 0.1) is 10.8 Å². The highest BCUT2D eigenvalue weighted by molar-refractivity contribution is 5.06. The van der Waals surface area contributed by atoms with Crippen LogP contribution >= 0.6 is 0 Å². The maximum absolute atomic E-state index is 12.5. The van der Waals surface area contributed by atoms with Crippen LogP contribution in [0.1, 0.15) is 118 Å². The Morgan fingerprint density at radius 3 is 1.63 bits per heavy atom. The van der Waals surface area contributed by atoms with E-state index in [1.165, 1.54) is 32.5 Å². The summed E-state index contributed by atoms with van der Waals surface area (Å²) in [6.45, 7) is 18.4. The van der Waals surface area contributed by atoms with E-state index in [0.29, 0.717) is 31.6 Å². The second kappa shape index (κ2) is 18.2. The largest absolute Gasteiger partial charge is 0.493 e. The predicted molar refractivity (Wildman–Crippen MR) is 175 cm³/mol. The highest BCUT2D eigenvalue weighted by atomic mass is 16.5. The maximum Gasteiger partial charge on any atom is 0.331 e. The zero-order valence-electron chi connectivity index (χ0n) is 27.8. The smallest absolute Gasteiger partial charge is 0.331 e. The van der Waals surface area contributed by atoms with Crippen LogP contribution < -0.4 is 11.4 Å². The van der Waals surface area contributed by atoms with Crippen molar-refractivity contribution in [1.82, 2.24) is 18.3 Å². The average Bonchev–Trinajstić information content (AvgIpc) is 3.46. The Labute approximate surface area is 259 Å². The van der Waals surface area contributed by atoms with Gasteiger partial charge in [0.15, 0.2) is 0 Å². The summed E-state index contributed by atoms with van der Waals surface area (Å²) >= 11 is 0. The lowest BCUT2D eigenvalue weighted by molar-refractivity contribution is 0.116. The van der Waals surface area contributed by atoms with E-state index < -0.39 is 0 Å². The van der Waals surface area contributed by atoms with Crippen molar-refractivity contribution in [3.05, 3.63) is 46.0 Å². The third-order valence-electron chi connectivity index (χ3n) is 10.00. The van der Waals surface area contributed by atoms with Crippen LogP contribution in [0.4, 0.5) is 0 Å². The summed E-state index contributed by atoms with van der Waals surface area (Å²) in [6.07, 6.45) is 18.6. The minimum atomic E-state index is -0.157. The second-order valence-electron chi connectivity index (χ2n) is 12.3. The second-order valence-corrected chi connectivity index (χ2v) is 12.3. The first-order valence-electron chi connectivity index (χ1n) is 16.8. The molecule has 0 amide bonds. The van der Waals surface area contributed by atoms with E-state index >= 15 is 0 Å². The van der Waals surface area contributed by atoms with Crippen LogP contribution in [0.25, 0.3) is 0 Å².